The molecule has 1 N–H and O–H groups in total. The predicted octanol–water partition coefficient (Wildman–Crippen LogP) is 3.25. The first-order valence-corrected chi connectivity index (χ1v) is 10.5. The van der Waals surface area contributed by atoms with Crippen LogP contribution < -0.4 is 4.72 Å². The highest BCUT2D eigenvalue weighted by molar-refractivity contribution is 7.88. The molecular weight excluding hydrogens is 332 g/mol. The minimum atomic E-state index is -3.35. The zero-order valence-electron chi connectivity index (χ0n) is 14.7. The maximum absolute atomic E-state index is 12.5. The number of nitrogens with zero attached hydrogens (tertiary/aromatic N) is 1. The Labute approximate surface area is 150 Å². The maximum atomic E-state index is 12.5. The average molecular weight is 359 g/mol. The van der Waals surface area contributed by atoms with Crippen molar-refractivity contribution in [1.82, 2.24) is 9.62 Å². The van der Waals surface area contributed by atoms with Gasteiger partial charge in [-0.25, -0.2) is 13.1 Å². The molecule has 134 valence electrons. The zero-order chi connectivity index (χ0) is 17.7. The normalized spacial score (nSPS) is 16.8. The zero-order valence-corrected chi connectivity index (χ0v) is 15.5. The molecule has 1 fully saturated rings. The Morgan fingerprint density at radius 3 is 2.28 bits per heavy atom. The SMILES string of the molecule is Cc1ccc(C(CNS(=O)(=O)Cc2ccccc2)N2CCCC2)cc1. The van der Waals surface area contributed by atoms with Gasteiger partial charge in [0, 0.05) is 12.6 Å². The van der Waals surface area contributed by atoms with E-state index in [0.29, 0.717) is 6.54 Å². The lowest BCUT2D eigenvalue weighted by molar-refractivity contribution is 0.246. The molecule has 1 aliphatic heterocycles. The number of rotatable bonds is 7. The van der Waals surface area contributed by atoms with Crippen molar-refractivity contribution in [2.75, 3.05) is 19.6 Å². The van der Waals surface area contributed by atoms with Gasteiger partial charge < -0.3 is 0 Å². The Morgan fingerprint density at radius 1 is 1.00 bits per heavy atom. The lowest BCUT2D eigenvalue weighted by atomic mass is 10.0. The molecule has 2 aromatic rings. The van der Waals surface area contributed by atoms with Crippen molar-refractivity contribution in [2.24, 2.45) is 0 Å². The number of likely N-dealkylation sites (tertiary alicyclic amines) is 1. The van der Waals surface area contributed by atoms with Crippen LogP contribution in [0.25, 0.3) is 0 Å². The molecule has 0 amide bonds. The van der Waals surface area contributed by atoms with Crippen molar-refractivity contribution < 1.29 is 8.42 Å². The van der Waals surface area contributed by atoms with Crippen LogP contribution in [0.15, 0.2) is 54.6 Å². The molecule has 4 nitrogen and oxygen atoms in total. The molecule has 1 atom stereocenters. The van der Waals surface area contributed by atoms with E-state index >= 15 is 0 Å². The van der Waals surface area contributed by atoms with Crippen molar-refractivity contribution in [3.63, 3.8) is 0 Å². The van der Waals surface area contributed by atoms with Crippen LogP contribution in [0.4, 0.5) is 0 Å². The Morgan fingerprint density at radius 2 is 1.64 bits per heavy atom. The van der Waals surface area contributed by atoms with E-state index in [9.17, 15) is 8.42 Å². The Bertz CT molecular complexity index is 767. The fraction of sp³-hybridized carbons (Fsp3) is 0.400. The molecule has 0 aliphatic carbocycles. The van der Waals surface area contributed by atoms with Crippen LogP contribution in [-0.4, -0.2) is 33.0 Å². The summed E-state index contributed by atoms with van der Waals surface area (Å²) < 4.78 is 27.8. The van der Waals surface area contributed by atoms with Gasteiger partial charge in [-0.15, -0.1) is 0 Å². The molecule has 0 aromatic heterocycles. The monoisotopic (exact) mass is 358 g/mol. The summed E-state index contributed by atoms with van der Waals surface area (Å²) in [4.78, 5) is 2.38. The first-order valence-electron chi connectivity index (χ1n) is 8.85. The topological polar surface area (TPSA) is 49.4 Å². The molecule has 1 unspecified atom stereocenters. The molecule has 2 aromatic carbocycles. The van der Waals surface area contributed by atoms with Crippen molar-refractivity contribution in [1.29, 1.82) is 0 Å². The van der Waals surface area contributed by atoms with E-state index in [-0.39, 0.29) is 11.8 Å². The maximum Gasteiger partial charge on any atom is 0.215 e. The van der Waals surface area contributed by atoms with Gasteiger partial charge in [-0.05, 0) is 44.0 Å². The van der Waals surface area contributed by atoms with E-state index in [0.717, 1.165) is 18.7 Å². The van der Waals surface area contributed by atoms with Gasteiger partial charge in [0.25, 0.3) is 0 Å². The van der Waals surface area contributed by atoms with E-state index in [2.05, 4.69) is 40.8 Å². The van der Waals surface area contributed by atoms with Crippen molar-refractivity contribution in [3.05, 3.63) is 71.3 Å². The van der Waals surface area contributed by atoms with E-state index in [1.165, 1.54) is 24.0 Å². The fourth-order valence-corrected chi connectivity index (χ4v) is 4.50. The van der Waals surface area contributed by atoms with Crippen LogP contribution in [0, 0.1) is 6.92 Å². The molecule has 1 aliphatic rings. The Balaban J connectivity index is 1.70. The molecule has 0 radical (unpaired) electrons. The van der Waals surface area contributed by atoms with E-state index in [4.69, 9.17) is 0 Å². The standard InChI is InChI=1S/C20H26N2O2S/c1-17-9-11-19(12-10-17)20(22-13-5-6-14-22)15-21-25(23,24)16-18-7-3-2-4-8-18/h2-4,7-12,20-21H,5-6,13-16H2,1H3. The molecule has 0 saturated carbocycles. The summed E-state index contributed by atoms with van der Waals surface area (Å²) in [5.74, 6) is 0.0223. The van der Waals surface area contributed by atoms with Crippen molar-refractivity contribution in [2.45, 2.75) is 31.6 Å². The molecule has 5 heteroatoms. The highest BCUT2D eigenvalue weighted by Crippen LogP contribution is 2.25. The summed E-state index contributed by atoms with van der Waals surface area (Å²) in [6.45, 7) is 4.54. The fourth-order valence-electron chi connectivity index (χ4n) is 3.35. The summed E-state index contributed by atoms with van der Waals surface area (Å²) in [6, 6.07) is 17.8. The molecule has 1 saturated heterocycles. The quantitative estimate of drug-likeness (QED) is 0.826. The number of nitrogens with one attached hydrogen (secondary N) is 1. The molecule has 3 rings (SSSR count). The van der Waals surface area contributed by atoms with Gasteiger partial charge in [-0.1, -0.05) is 60.2 Å². The molecule has 1 heterocycles. The van der Waals surface area contributed by atoms with Crippen LogP contribution in [0.2, 0.25) is 0 Å². The van der Waals surface area contributed by atoms with Gasteiger partial charge in [0.15, 0.2) is 0 Å². The number of hydrogen-bond donors (Lipinski definition) is 1. The first kappa shape index (κ1) is 18.1. The molecular formula is C20H26N2O2S. The number of aryl methyl sites for hydroxylation is 1. The highest BCUT2D eigenvalue weighted by atomic mass is 32.2. The van der Waals surface area contributed by atoms with Crippen LogP contribution in [0.5, 0.6) is 0 Å². The van der Waals surface area contributed by atoms with Crippen molar-refractivity contribution in [3.8, 4) is 0 Å². The Hall–Kier alpha value is -1.69. The third-order valence-electron chi connectivity index (χ3n) is 4.74. The summed E-state index contributed by atoms with van der Waals surface area (Å²) in [6.07, 6.45) is 2.36. The lowest BCUT2D eigenvalue weighted by Crippen LogP contribution is -2.37. The van der Waals surface area contributed by atoms with E-state index in [1.807, 2.05) is 30.3 Å². The number of benzene rings is 2. The highest BCUT2D eigenvalue weighted by Gasteiger charge is 2.25. The van der Waals surface area contributed by atoms with Crippen molar-refractivity contribution >= 4 is 10.0 Å². The van der Waals surface area contributed by atoms with Gasteiger partial charge in [-0.3, -0.25) is 4.90 Å². The summed E-state index contributed by atoms with van der Waals surface area (Å²) in [5.41, 5.74) is 3.20. The smallest absolute Gasteiger partial charge is 0.215 e. The summed E-state index contributed by atoms with van der Waals surface area (Å²) >= 11 is 0. The first-order chi connectivity index (χ1) is 12.0. The molecule has 0 spiro atoms. The predicted molar refractivity (Wildman–Crippen MR) is 102 cm³/mol. The molecule has 25 heavy (non-hydrogen) atoms. The average Bonchev–Trinajstić information content (AvgIpc) is 3.11. The Kier molecular flexibility index (Phi) is 5.89. The van der Waals surface area contributed by atoms with Crippen LogP contribution in [0.1, 0.15) is 35.6 Å². The van der Waals surface area contributed by atoms with Crippen LogP contribution in [-0.2, 0) is 15.8 Å². The van der Waals surface area contributed by atoms with Gasteiger partial charge in [0.05, 0.1) is 5.75 Å². The third kappa shape index (κ3) is 5.14. The van der Waals surface area contributed by atoms with Gasteiger partial charge in [-0.2, -0.15) is 0 Å². The second-order valence-corrected chi connectivity index (χ2v) is 8.57. The second kappa shape index (κ2) is 8.13. The minimum absolute atomic E-state index is 0.0223. The van der Waals surface area contributed by atoms with Gasteiger partial charge in [0.1, 0.15) is 0 Å². The lowest BCUT2D eigenvalue weighted by Gasteiger charge is -2.28. The van der Waals surface area contributed by atoms with E-state index < -0.39 is 10.0 Å². The van der Waals surface area contributed by atoms with Crippen LogP contribution >= 0.6 is 0 Å². The van der Waals surface area contributed by atoms with Gasteiger partial charge in [0.2, 0.25) is 10.0 Å². The van der Waals surface area contributed by atoms with Crippen LogP contribution in [0.3, 0.4) is 0 Å². The minimum Gasteiger partial charge on any atom is -0.295 e. The van der Waals surface area contributed by atoms with E-state index in [1.54, 1.807) is 0 Å². The second-order valence-electron chi connectivity index (χ2n) is 6.76. The largest absolute Gasteiger partial charge is 0.295 e. The van der Waals surface area contributed by atoms with Gasteiger partial charge >= 0.3 is 0 Å². The number of sulfonamides is 1. The third-order valence-corrected chi connectivity index (χ3v) is 6.06. The molecule has 0 bridgehead atoms. The summed E-state index contributed by atoms with van der Waals surface area (Å²) in [5, 5.41) is 0. The number of hydrogen-bond acceptors (Lipinski definition) is 3. The summed E-state index contributed by atoms with van der Waals surface area (Å²) in [7, 11) is -3.35.